The SMILES string of the molecule is O=C(NCC#CCOc1ccc(F)cc1F)c1ccc(C(F)(F)F)cc1. The number of benzene rings is 2. The molecule has 0 radical (unpaired) electrons. The lowest BCUT2D eigenvalue weighted by Crippen LogP contribution is -2.23. The van der Waals surface area contributed by atoms with Gasteiger partial charge in [-0.3, -0.25) is 4.79 Å². The minimum absolute atomic E-state index is 0.0597. The zero-order chi connectivity index (χ0) is 19.2. The van der Waals surface area contributed by atoms with E-state index in [0.717, 1.165) is 36.4 Å². The summed E-state index contributed by atoms with van der Waals surface area (Å²) < 4.78 is 68.3. The van der Waals surface area contributed by atoms with Gasteiger partial charge in [0.1, 0.15) is 12.4 Å². The number of hydrogen-bond donors (Lipinski definition) is 1. The van der Waals surface area contributed by atoms with E-state index >= 15 is 0 Å². The van der Waals surface area contributed by atoms with Gasteiger partial charge < -0.3 is 10.1 Å². The van der Waals surface area contributed by atoms with Crippen molar-refractivity contribution in [2.24, 2.45) is 0 Å². The van der Waals surface area contributed by atoms with Gasteiger partial charge in [-0.05, 0) is 36.4 Å². The van der Waals surface area contributed by atoms with E-state index in [1.807, 2.05) is 0 Å². The molecule has 2 aromatic carbocycles. The maximum Gasteiger partial charge on any atom is 0.416 e. The number of amides is 1. The molecule has 0 aliphatic heterocycles. The Kier molecular flexibility index (Phi) is 6.17. The fourth-order valence-corrected chi connectivity index (χ4v) is 1.86. The Morgan fingerprint density at radius 1 is 1.04 bits per heavy atom. The Bertz CT molecular complexity index is 835. The van der Waals surface area contributed by atoms with Gasteiger partial charge in [-0.15, -0.1) is 0 Å². The number of nitrogens with one attached hydrogen (secondary N) is 1. The minimum atomic E-state index is -4.47. The third kappa shape index (κ3) is 5.48. The molecule has 0 aromatic heterocycles. The number of hydrogen-bond acceptors (Lipinski definition) is 2. The van der Waals surface area contributed by atoms with Crippen LogP contribution in [0.3, 0.4) is 0 Å². The molecule has 0 fully saturated rings. The molecule has 0 aliphatic carbocycles. The van der Waals surface area contributed by atoms with Crippen molar-refractivity contribution >= 4 is 5.91 Å². The van der Waals surface area contributed by atoms with Gasteiger partial charge in [0.05, 0.1) is 12.1 Å². The second-order valence-corrected chi connectivity index (χ2v) is 4.97. The molecule has 0 heterocycles. The van der Waals surface area contributed by atoms with Crippen molar-refractivity contribution in [1.29, 1.82) is 0 Å². The van der Waals surface area contributed by atoms with Crippen LogP contribution in [0, 0.1) is 23.5 Å². The van der Waals surface area contributed by atoms with Crippen LogP contribution in [-0.4, -0.2) is 19.1 Å². The Morgan fingerprint density at radius 2 is 1.73 bits per heavy atom. The molecule has 26 heavy (non-hydrogen) atoms. The fourth-order valence-electron chi connectivity index (χ4n) is 1.86. The average molecular weight is 369 g/mol. The summed E-state index contributed by atoms with van der Waals surface area (Å²) >= 11 is 0. The van der Waals surface area contributed by atoms with Gasteiger partial charge in [-0.2, -0.15) is 13.2 Å². The van der Waals surface area contributed by atoms with E-state index in [1.165, 1.54) is 0 Å². The zero-order valence-corrected chi connectivity index (χ0v) is 13.2. The van der Waals surface area contributed by atoms with Crippen LogP contribution in [-0.2, 0) is 6.18 Å². The Morgan fingerprint density at radius 3 is 2.35 bits per heavy atom. The first-order valence-electron chi connectivity index (χ1n) is 7.26. The normalized spacial score (nSPS) is 10.7. The number of ether oxygens (including phenoxy) is 1. The summed E-state index contributed by atoms with van der Waals surface area (Å²) in [5.74, 6) is 2.72. The number of carbonyl (C=O) groups is 1. The number of carbonyl (C=O) groups excluding carboxylic acids is 1. The molecular formula is C18H12F5NO2. The van der Waals surface area contributed by atoms with Crippen molar-refractivity contribution in [1.82, 2.24) is 5.32 Å². The van der Waals surface area contributed by atoms with Crippen LogP contribution in [0.25, 0.3) is 0 Å². The molecule has 1 amide bonds. The fraction of sp³-hybridized carbons (Fsp3) is 0.167. The molecule has 0 atom stereocenters. The molecule has 2 aromatic rings. The summed E-state index contributed by atoms with van der Waals surface area (Å²) in [5, 5.41) is 2.40. The lowest BCUT2D eigenvalue weighted by atomic mass is 10.1. The van der Waals surface area contributed by atoms with E-state index in [2.05, 4.69) is 17.2 Å². The first-order valence-corrected chi connectivity index (χ1v) is 7.26. The maximum atomic E-state index is 13.3. The van der Waals surface area contributed by atoms with E-state index in [-0.39, 0.29) is 24.5 Å². The lowest BCUT2D eigenvalue weighted by molar-refractivity contribution is -0.137. The molecule has 0 unspecified atom stereocenters. The first-order chi connectivity index (χ1) is 12.3. The molecule has 8 heteroatoms. The van der Waals surface area contributed by atoms with Gasteiger partial charge in [0.2, 0.25) is 0 Å². The predicted octanol–water partition coefficient (Wildman–Crippen LogP) is 3.80. The molecule has 0 bridgehead atoms. The smallest absolute Gasteiger partial charge is 0.416 e. The van der Waals surface area contributed by atoms with Gasteiger partial charge in [0.15, 0.2) is 11.6 Å². The summed E-state index contributed by atoms with van der Waals surface area (Å²) in [5.41, 5.74) is -0.788. The quantitative estimate of drug-likeness (QED) is 0.658. The van der Waals surface area contributed by atoms with E-state index in [0.29, 0.717) is 6.07 Å². The second kappa shape index (κ2) is 8.34. The van der Waals surface area contributed by atoms with Crippen LogP contribution in [0.1, 0.15) is 15.9 Å². The van der Waals surface area contributed by atoms with E-state index in [1.54, 1.807) is 0 Å². The maximum absolute atomic E-state index is 13.3. The molecule has 136 valence electrons. The van der Waals surface area contributed by atoms with Crippen LogP contribution in [0.2, 0.25) is 0 Å². The van der Waals surface area contributed by atoms with Crippen LogP contribution in [0.15, 0.2) is 42.5 Å². The molecular weight excluding hydrogens is 357 g/mol. The van der Waals surface area contributed by atoms with Gasteiger partial charge in [-0.1, -0.05) is 11.8 Å². The minimum Gasteiger partial charge on any atom is -0.478 e. The number of halogens is 5. The Balaban J connectivity index is 1.79. The van der Waals surface area contributed by atoms with Gasteiger partial charge >= 0.3 is 6.18 Å². The van der Waals surface area contributed by atoms with Crippen molar-refractivity contribution < 1.29 is 31.5 Å². The van der Waals surface area contributed by atoms with Crippen LogP contribution in [0.4, 0.5) is 22.0 Å². The summed E-state index contributed by atoms with van der Waals surface area (Å²) in [6, 6.07) is 6.58. The van der Waals surface area contributed by atoms with Gasteiger partial charge in [-0.25, -0.2) is 8.78 Å². The molecule has 0 saturated carbocycles. The lowest BCUT2D eigenvalue weighted by Gasteiger charge is -2.07. The van der Waals surface area contributed by atoms with Crippen molar-refractivity contribution in [2.45, 2.75) is 6.18 Å². The second-order valence-electron chi connectivity index (χ2n) is 4.97. The molecule has 2 rings (SSSR count). The highest BCUT2D eigenvalue weighted by molar-refractivity contribution is 5.94. The zero-order valence-electron chi connectivity index (χ0n) is 13.2. The van der Waals surface area contributed by atoms with E-state index < -0.39 is 29.3 Å². The average Bonchev–Trinajstić information content (AvgIpc) is 2.58. The van der Waals surface area contributed by atoms with E-state index in [4.69, 9.17) is 4.74 Å². The summed E-state index contributed by atoms with van der Waals surface area (Å²) in [6.45, 7) is -0.256. The highest BCUT2D eigenvalue weighted by Gasteiger charge is 2.30. The molecule has 0 saturated heterocycles. The molecule has 1 N–H and O–H groups in total. The monoisotopic (exact) mass is 369 g/mol. The summed E-state index contributed by atoms with van der Waals surface area (Å²) in [7, 11) is 0. The van der Waals surface area contributed by atoms with Crippen LogP contribution in [0.5, 0.6) is 5.75 Å². The topological polar surface area (TPSA) is 38.3 Å². The highest BCUT2D eigenvalue weighted by Crippen LogP contribution is 2.29. The third-order valence-electron chi connectivity index (χ3n) is 3.13. The van der Waals surface area contributed by atoms with Crippen molar-refractivity contribution in [3.63, 3.8) is 0 Å². The predicted molar refractivity (Wildman–Crippen MR) is 83.4 cm³/mol. The molecule has 0 spiro atoms. The standard InChI is InChI=1S/C18H12F5NO2/c19-14-7-8-16(15(20)11-14)26-10-2-1-9-24-17(25)12-3-5-13(6-4-12)18(21,22)23/h3-8,11H,9-10H2,(H,24,25). The summed E-state index contributed by atoms with van der Waals surface area (Å²) in [4.78, 5) is 11.8. The summed E-state index contributed by atoms with van der Waals surface area (Å²) in [6.07, 6.45) is -4.47. The van der Waals surface area contributed by atoms with Gasteiger partial charge in [0.25, 0.3) is 5.91 Å². The Hall–Kier alpha value is -3.08. The molecule has 0 aliphatic rings. The van der Waals surface area contributed by atoms with Crippen molar-refractivity contribution in [3.8, 4) is 17.6 Å². The Labute approximate surface area is 145 Å². The highest BCUT2D eigenvalue weighted by atomic mass is 19.4. The van der Waals surface area contributed by atoms with Crippen molar-refractivity contribution in [3.05, 3.63) is 65.2 Å². The van der Waals surface area contributed by atoms with E-state index in [9.17, 15) is 26.7 Å². The third-order valence-corrected chi connectivity index (χ3v) is 3.13. The van der Waals surface area contributed by atoms with Gasteiger partial charge in [0, 0.05) is 11.6 Å². The first kappa shape index (κ1) is 19.2. The number of alkyl halides is 3. The van der Waals surface area contributed by atoms with Crippen LogP contribution >= 0.6 is 0 Å². The molecule has 3 nitrogen and oxygen atoms in total. The number of rotatable bonds is 4. The largest absolute Gasteiger partial charge is 0.478 e. The van der Waals surface area contributed by atoms with Crippen molar-refractivity contribution in [2.75, 3.05) is 13.2 Å². The van der Waals surface area contributed by atoms with Crippen LogP contribution < -0.4 is 10.1 Å².